The summed E-state index contributed by atoms with van der Waals surface area (Å²) in [4.78, 5) is 14.4. The van der Waals surface area contributed by atoms with E-state index in [1.54, 1.807) is 18.2 Å². The maximum absolute atomic E-state index is 12.1. The van der Waals surface area contributed by atoms with E-state index in [1.807, 2.05) is 19.9 Å². The summed E-state index contributed by atoms with van der Waals surface area (Å²) < 4.78 is 11.4. The van der Waals surface area contributed by atoms with Crippen LogP contribution in [0.3, 0.4) is 0 Å². The smallest absolute Gasteiger partial charge is 0.287 e. The van der Waals surface area contributed by atoms with Crippen molar-refractivity contribution < 1.29 is 13.9 Å². The first-order valence-electron chi connectivity index (χ1n) is 9.11. The first kappa shape index (κ1) is 20.1. The Kier molecular flexibility index (Phi) is 6.68. The van der Waals surface area contributed by atoms with Gasteiger partial charge in [0.15, 0.2) is 5.76 Å². The molecule has 2 aromatic rings. The molecule has 146 valence electrons. The van der Waals surface area contributed by atoms with Gasteiger partial charge in [-0.15, -0.1) is 0 Å². The van der Waals surface area contributed by atoms with Crippen LogP contribution in [0.15, 0.2) is 28.7 Å². The zero-order valence-electron chi connectivity index (χ0n) is 15.6. The number of benzene rings is 1. The molecule has 0 aliphatic carbocycles. The molecule has 1 aliphatic rings. The van der Waals surface area contributed by atoms with Crippen LogP contribution in [0.1, 0.15) is 34.7 Å². The molecule has 1 N–H and O–H groups in total. The van der Waals surface area contributed by atoms with Gasteiger partial charge in [-0.3, -0.25) is 4.79 Å². The minimum Gasteiger partial charge on any atom is -0.490 e. The lowest BCUT2D eigenvalue weighted by Crippen LogP contribution is -2.42. The summed E-state index contributed by atoms with van der Waals surface area (Å²) in [6, 6.07) is 7.12. The summed E-state index contributed by atoms with van der Waals surface area (Å²) in [5.41, 5.74) is 0.990. The zero-order chi connectivity index (χ0) is 19.4. The molecule has 1 aromatic heterocycles. The Bertz CT molecular complexity index is 779. The van der Waals surface area contributed by atoms with E-state index in [4.69, 9.17) is 32.4 Å². The fraction of sp³-hybridized carbons (Fsp3) is 0.450. The van der Waals surface area contributed by atoms with Crippen molar-refractivity contribution in [1.82, 2.24) is 10.2 Å². The number of ether oxygens (including phenoxy) is 1. The maximum Gasteiger partial charge on any atom is 0.287 e. The number of carbonyl (C=O) groups excluding carboxylic acids is 1. The van der Waals surface area contributed by atoms with Crippen LogP contribution in [0, 0.1) is 13.8 Å². The summed E-state index contributed by atoms with van der Waals surface area (Å²) >= 11 is 12.0. The molecule has 0 bridgehead atoms. The maximum atomic E-state index is 12.1. The van der Waals surface area contributed by atoms with E-state index in [0.29, 0.717) is 22.4 Å². The topological polar surface area (TPSA) is 54.7 Å². The first-order valence-corrected chi connectivity index (χ1v) is 9.87. The third-order valence-electron chi connectivity index (χ3n) is 4.83. The number of carbonyl (C=O) groups is 1. The number of halogens is 2. The molecule has 0 unspecified atom stereocenters. The largest absolute Gasteiger partial charge is 0.490 e. The molecule has 2 heterocycles. The molecule has 1 saturated heterocycles. The van der Waals surface area contributed by atoms with Gasteiger partial charge in [-0.05, 0) is 50.5 Å². The average molecular weight is 411 g/mol. The number of furan rings is 1. The van der Waals surface area contributed by atoms with Gasteiger partial charge in [0.2, 0.25) is 0 Å². The van der Waals surface area contributed by atoms with Crippen molar-refractivity contribution in [3.05, 3.63) is 51.4 Å². The van der Waals surface area contributed by atoms with Crippen molar-refractivity contribution in [3.8, 4) is 5.75 Å². The number of nitrogens with zero attached hydrogens (tertiary/aromatic N) is 1. The Labute approximate surface area is 169 Å². The molecule has 0 radical (unpaired) electrons. The highest BCUT2D eigenvalue weighted by Crippen LogP contribution is 2.28. The normalized spacial score (nSPS) is 15.7. The Balaban J connectivity index is 1.38. The molecule has 7 heteroatoms. The fourth-order valence-electron chi connectivity index (χ4n) is 3.09. The Morgan fingerprint density at radius 3 is 2.59 bits per heavy atom. The molecule has 1 aromatic carbocycles. The lowest BCUT2D eigenvalue weighted by atomic mass is 10.1. The predicted octanol–water partition coefficient (Wildman–Crippen LogP) is 4.48. The van der Waals surface area contributed by atoms with E-state index < -0.39 is 0 Å². The van der Waals surface area contributed by atoms with Crippen molar-refractivity contribution in [1.29, 1.82) is 0 Å². The quantitative estimate of drug-likeness (QED) is 0.762. The SMILES string of the molecule is Cc1cc(C(=O)NCCN2CCC(Oc3ccc(Cl)c(Cl)c3)CC2)oc1C. The summed E-state index contributed by atoms with van der Waals surface area (Å²) in [7, 11) is 0. The van der Waals surface area contributed by atoms with E-state index in [1.165, 1.54) is 0 Å². The molecule has 0 saturated carbocycles. The molecule has 0 atom stereocenters. The summed E-state index contributed by atoms with van der Waals surface area (Å²) in [6.45, 7) is 7.05. The number of nitrogens with one attached hydrogen (secondary N) is 1. The second kappa shape index (κ2) is 9.00. The van der Waals surface area contributed by atoms with Crippen LogP contribution in [0.5, 0.6) is 5.75 Å². The number of hydrogen-bond donors (Lipinski definition) is 1. The zero-order valence-corrected chi connectivity index (χ0v) is 17.1. The lowest BCUT2D eigenvalue weighted by molar-refractivity contribution is 0.0883. The lowest BCUT2D eigenvalue weighted by Gasteiger charge is -2.32. The number of hydrogen-bond acceptors (Lipinski definition) is 4. The van der Waals surface area contributed by atoms with E-state index >= 15 is 0 Å². The van der Waals surface area contributed by atoms with Crippen LogP contribution in [0.25, 0.3) is 0 Å². The highest BCUT2D eigenvalue weighted by atomic mass is 35.5. The van der Waals surface area contributed by atoms with Gasteiger partial charge in [0.1, 0.15) is 17.6 Å². The summed E-state index contributed by atoms with van der Waals surface area (Å²) in [5.74, 6) is 1.74. The van der Waals surface area contributed by atoms with Gasteiger partial charge >= 0.3 is 0 Å². The molecular formula is C20H24Cl2N2O3. The van der Waals surface area contributed by atoms with Crippen molar-refractivity contribution in [3.63, 3.8) is 0 Å². The van der Waals surface area contributed by atoms with Crippen LogP contribution in [-0.2, 0) is 0 Å². The number of amides is 1. The second-order valence-electron chi connectivity index (χ2n) is 6.84. The standard InChI is InChI=1S/C20H24Cl2N2O3/c1-13-11-19(26-14(13)2)20(25)23-7-10-24-8-5-15(6-9-24)27-16-3-4-17(21)18(22)12-16/h3-4,11-12,15H,5-10H2,1-2H3,(H,23,25). The minimum absolute atomic E-state index is 0.163. The first-order chi connectivity index (χ1) is 12.9. The number of rotatable bonds is 6. The Morgan fingerprint density at radius 2 is 1.96 bits per heavy atom. The van der Waals surface area contributed by atoms with Gasteiger partial charge in [-0.1, -0.05) is 23.2 Å². The molecule has 1 amide bonds. The average Bonchev–Trinajstić information content (AvgIpc) is 2.99. The van der Waals surface area contributed by atoms with Crippen molar-refractivity contribution in [2.45, 2.75) is 32.8 Å². The second-order valence-corrected chi connectivity index (χ2v) is 7.65. The summed E-state index contributed by atoms with van der Waals surface area (Å²) in [6.07, 6.45) is 2.04. The molecule has 5 nitrogen and oxygen atoms in total. The predicted molar refractivity (Wildman–Crippen MR) is 107 cm³/mol. The van der Waals surface area contributed by atoms with Crippen LogP contribution in [0.4, 0.5) is 0 Å². The van der Waals surface area contributed by atoms with Gasteiger partial charge in [-0.25, -0.2) is 0 Å². The Hall–Kier alpha value is -1.69. The van der Waals surface area contributed by atoms with Gasteiger partial charge in [-0.2, -0.15) is 0 Å². The van der Waals surface area contributed by atoms with E-state index in [0.717, 1.165) is 49.5 Å². The number of likely N-dealkylation sites (tertiary alicyclic amines) is 1. The fourth-order valence-corrected chi connectivity index (χ4v) is 3.38. The van der Waals surface area contributed by atoms with E-state index in [9.17, 15) is 4.79 Å². The van der Waals surface area contributed by atoms with Crippen molar-refractivity contribution in [2.75, 3.05) is 26.2 Å². The Morgan fingerprint density at radius 1 is 1.22 bits per heavy atom. The van der Waals surface area contributed by atoms with Gasteiger partial charge in [0.05, 0.1) is 10.0 Å². The van der Waals surface area contributed by atoms with Crippen LogP contribution < -0.4 is 10.1 Å². The van der Waals surface area contributed by atoms with Crippen LogP contribution in [0.2, 0.25) is 10.0 Å². The molecular weight excluding hydrogens is 387 g/mol. The molecule has 1 aliphatic heterocycles. The monoisotopic (exact) mass is 410 g/mol. The summed E-state index contributed by atoms with van der Waals surface area (Å²) in [5, 5.41) is 3.95. The molecule has 0 spiro atoms. The van der Waals surface area contributed by atoms with E-state index in [2.05, 4.69) is 10.2 Å². The highest BCUT2D eigenvalue weighted by molar-refractivity contribution is 6.42. The van der Waals surface area contributed by atoms with Crippen molar-refractivity contribution in [2.24, 2.45) is 0 Å². The van der Waals surface area contributed by atoms with Gasteiger partial charge in [0, 0.05) is 32.2 Å². The molecule has 3 rings (SSSR count). The number of aryl methyl sites for hydroxylation is 2. The minimum atomic E-state index is -0.163. The van der Waals surface area contributed by atoms with Crippen molar-refractivity contribution >= 4 is 29.1 Å². The van der Waals surface area contributed by atoms with Crippen LogP contribution >= 0.6 is 23.2 Å². The van der Waals surface area contributed by atoms with Gasteiger partial charge in [0.25, 0.3) is 5.91 Å². The number of piperidine rings is 1. The van der Waals surface area contributed by atoms with Crippen LogP contribution in [-0.4, -0.2) is 43.1 Å². The third-order valence-corrected chi connectivity index (χ3v) is 5.57. The van der Waals surface area contributed by atoms with Gasteiger partial charge < -0.3 is 19.4 Å². The molecule has 27 heavy (non-hydrogen) atoms. The highest BCUT2D eigenvalue weighted by Gasteiger charge is 2.21. The van der Waals surface area contributed by atoms with E-state index in [-0.39, 0.29) is 12.0 Å². The molecule has 1 fully saturated rings. The third kappa shape index (κ3) is 5.41.